The molecule has 0 radical (unpaired) electrons. The van der Waals surface area contributed by atoms with Gasteiger partial charge in [-0.05, 0) is 54.7 Å². The summed E-state index contributed by atoms with van der Waals surface area (Å²) in [7, 11) is 1.28. The Hall–Kier alpha value is -3.39. The Labute approximate surface area is 218 Å². The molecule has 0 spiro atoms. The van der Waals surface area contributed by atoms with E-state index in [0.717, 1.165) is 5.56 Å². The predicted octanol–water partition coefficient (Wildman–Crippen LogP) is 5.72. The molecule has 0 aromatic heterocycles. The molecule has 0 bridgehead atoms. The lowest BCUT2D eigenvalue weighted by molar-refractivity contribution is -0.140. The van der Waals surface area contributed by atoms with E-state index < -0.39 is 5.97 Å². The standard InChI is InChI=1S/C26H20Cl2N2O4S/c1-33-24(31)15-29-22(25(32)30(26(29)35)20-12-10-19(27)11-13-20)14-17-6-3-5-9-23(17)34-16-18-7-2-4-8-21(18)28/h2-14H,15-16H2,1H3/b22-14-. The van der Waals surface area contributed by atoms with Crippen LogP contribution >= 0.6 is 35.4 Å². The second kappa shape index (κ2) is 10.9. The molecule has 0 aliphatic carbocycles. The van der Waals surface area contributed by atoms with E-state index in [4.69, 9.17) is 44.9 Å². The maximum Gasteiger partial charge on any atom is 0.325 e. The van der Waals surface area contributed by atoms with Crippen LogP contribution in [0.2, 0.25) is 10.0 Å². The van der Waals surface area contributed by atoms with Gasteiger partial charge in [0.2, 0.25) is 0 Å². The zero-order valence-corrected chi connectivity index (χ0v) is 20.9. The van der Waals surface area contributed by atoms with Gasteiger partial charge in [-0.3, -0.25) is 14.5 Å². The number of halogens is 2. The van der Waals surface area contributed by atoms with Gasteiger partial charge in [-0.15, -0.1) is 0 Å². The normalized spacial score (nSPS) is 14.5. The lowest BCUT2D eigenvalue weighted by atomic mass is 10.1. The Balaban J connectivity index is 1.70. The van der Waals surface area contributed by atoms with E-state index in [2.05, 4.69) is 0 Å². The number of rotatable bonds is 7. The lowest BCUT2D eigenvalue weighted by Gasteiger charge is -2.19. The van der Waals surface area contributed by atoms with Crippen molar-refractivity contribution in [3.05, 3.63) is 99.7 Å². The van der Waals surface area contributed by atoms with Crippen molar-refractivity contribution in [3.8, 4) is 5.75 Å². The molecule has 0 saturated carbocycles. The van der Waals surface area contributed by atoms with Gasteiger partial charge in [-0.2, -0.15) is 0 Å². The molecule has 0 atom stereocenters. The number of ether oxygens (including phenoxy) is 2. The van der Waals surface area contributed by atoms with Crippen molar-refractivity contribution in [3.63, 3.8) is 0 Å². The average molecular weight is 527 g/mol. The van der Waals surface area contributed by atoms with Crippen molar-refractivity contribution in [2.75, 3.05) is 18.6 Å². The first-order valence-electron chi connectivity index (χ1n) is 10.5. The number of esters is 1. The zero-order chi connectivity index (χ0) is 24.9. The molecule has 0 unspecified atom stereocenters. The fraction of sp³-hybridized carbons (Fsp3) is 0.115. The summed E-state index contributed by atoms with van der Waals surface area (Å²) in [5.41, 5.74) is 2.21. The lowest BCUT2D eigenvalue weighted by Crippen LogP contribution is -2.35. The van der Waals surface area contributed by atoms with Crippen LogP contribution in [0.4, 0.5) is 5.69 Å². The molecule has 1 saturated heterocycles. The highest BCUT2D eigenvalue weighted by Crippen LogP contribution is 2.32. The van der Waals surface area contributed by atoms with Gasteiger partial charge in [0.05, 0.1) is 12.8 Å². The Bertz CT molecular complexity index is 1310. The number of anilines is 1. The molecule has 1 aliphatic heterocycles. The van der Waals surface area contributed by atoms with Crippen molar-refractivity contribution in [1.29, 1.82) is 0 Å². The summed E-state index contributed by atoms with van der Waals surface area (Å²) in [6.45, 7) is 0.0225. The molecule has 1 amide bonds. The van der Waals surface area contributed by atoms with Gasteiger partial charge in [-0.1, -0.05) is 59.6 Å². The number of benzene rings is 3. The van der Waals surface area contributed by atoms with E-state index in [1.54, 1.807) is 42.5 Å². The van der Waals surface area contributed by atoms with Crippen molar-refractivity contribution >= 4 is 64.2 Å². The minimum absolute atomic E-state index is 0.156. The number of hydrogen-bond donors (Lipinski definition) is 0. The molecule has 1 aliphatic rings. The van der Waals surface area contributed by atoms with Gasteiger partial charge in [0.25, 0.3) is 5.91 Å². The zero-order valence-electron chi connectivity index (χ0n) is 18.6. The third-order valence-electron chi connectivity index (χ3n) is 5.29. The van der Waals surface area contributed by atoms with Crippen LogP contribution in [0.1, 0.15) is 11.1 Å². The van der Waals surface area contributed by atoms with Crippen LogP contribution in [0.5, 0.6) is 5.75 Å². The van der Waals surface area contributed by atoms with Crippen LogP contribution in [0.25, 0.3) is 6.08 Å². The van der Waals surface area contributed by atoms with E-state index in [1.807, 2.05) is 36.4 Å². The molecule has 1 fully saturated rings. The number of carbonyl (C=O) groups excluding carboxylic acids is 2. The molecule has 6 nitrogen and oxygen atoms in total. The van der Waals surface area contributed by atoms with Crippen LogP contribution in [0, 0.1) is 0 Å². The number of nitrogens with zero attached hydrogens (tertiary/aromatic N) is 2. The van der Waals surface area contributed by atoms with Crippen molar-refractivity contribution < 1.29 is 19.1 Å². The van der Waals surface area contributed by atoms with E-state index in [-0.39, 0.29) is 29.9 Å². The van der Waals surface area contributed by atoms with Gasteiger partial charge < -0.3 is 14.4 Å². The summed E-state index contributed by atoms with van der Waals surface area (Å²) in [5, 5.41) is 1.28. The number of carbonyl (C=O) groups is 2. The summed E-state index contributed by atoms with van der Waals surface area (Å²) in [5.74, 6) is -0.379. The van der Waals surface area contributed by atoms with Crippen LogP contribution in [-0.2, 0) is 20.9 Å². The van der Waals surface area contributed by atoms with Crippen molar-refractivity contribution in [2.24, 2.45) is 0 Å². The molecule has 4 rings (SSSR count). The predicted molar refractivity (Wildman–Crippen MR) is 140 cm³/mol. The topological polar surface area (TPSA) is 59.1 Å². The summed E-state index contributed by atoms with van der Waals surface area (Å²) in [4.78, 5) is 28.4. The first-order chi connectivity index (χ1) is 16.9. The summed E-state index contributed by atoms with van der Waals surface area (Å²) >= 11 is 17.8. The van der Waals surface area contributed by atoms with Crippen LogP contribution in [0.3, 0.4) is 0 Å². The molecule has 0 N–H and O–H groups in total. The summed E-state index contributed by atoms with van der Waals surface area (Å²) in [6.07, 6.45) is 1.65. The number of hydrogen-bond acceptors (Lipinski definition) is 5. The van der Waals surface area contributed by atoms with E-state index >= 15 is 0 Å². The number of methoxy groups -OCH3 is 1. The van der Waals surface area contributed by atoms with Gasteiger partial charge in [0.1, 0.15) is 24.6 Å². The Morgan fingerprint density at radius 2 is 1.69 bits per heavy atom. The Morgan fingerprint density at radius 1 is 1.00 bits per heavy atom. The number of para-hydroxylation sites is 1. The monoisotopic (exact) mass is 526 g/mol. The van der Waals surface area contributed by atoms with E-state index in [0.29, 0.717) is 27.0 Å². The third kappa shape index (κ3) is 5.48. The maximum atomic E-state index is 13.5. The molecule has 1 heterocycles. The largest absolute Gasteiger partial charge is 0.488 e. The van der Waals surface area contributed by atoms with Crippen LogP contribution in [0.15, 0.2) is 78.5 Å². The molecule has 9 heteroatoms. The molecular weight excluding hydrogens is 507 g/mol. The van der Waals surface area contributed by atoms with Gasteiger partial charge in [0, 0.05) is 21.2 Å². The quantitative estimate of drug-likeness (QED) is 0.223. The maximum absolute atomic E-state index is 13.5. The molecule has 3 aromatic carbocycles. The van der Waals surface area contributed by atoms with E-state index in [1.165, 1.54) is 16.9 Å². The molecule has 178 valence electrons. The van der Waals surface area contributed by atoms with Crippen molar-refractivity contribution in [1.82, 2.24) is 4.90 Å². The number of thiocarbonyl (C=S) groups is 1. The fourth-order valence-electron chi connectivity index (χ4n) is 3.49. The number of amides is 1. The smallest absolute Gasteiger partial charge is 0.325 e. The van der Waals surface area contributed by atoms with E-state index in [9.17, 15) is 9.59 Å². The molecule has 35 heavy (non-hydrogen) atoms. The van der Waals surface area contributed by atoms with Gasteiger partial charge in [-0.25, -0.2) is 0 Å². The highest BCUT2D eigenvalue weighted by molar-refractivity contribution is 7.80. The third-order valence-corrected chi connectivity index (χ3v) is 6.31. The first-order valence-corrected chi connectivity index (χ1v) is 11.7. The average Bonchev–Trinajstić information content (AvgIpc) is 3.08. The van der Waals surface area contributed by atoms with Crippen molar-refractivity contribution in [2.45, 2.75) is 6.61 Å². The summed E-state index contributed by atoms with van der Waals surface area (Å²) in [6, 6.07) is 21.4. The fourth-order valence-corrected chi connectivity index (χ4v) is 4.16. The summed E-state index contributed by atoms with van der Waals surface area (Å²) < 4.78 is 10.8. The Kier molecular flexibility index (Phi) is 7.70. The highest BCUT2D eigenvalue weighted by atomic mass is 35.5. The highest BCUT2D eigenvalue weighted by Gasteiger charge is 2.40. The Morgan fingerprint density at radius 3 is 2.40 bits per heavy atom. The van der Waals surface area contributed by atoms with Gasteiger partial charge >= 0.3 is 5.97 Å². The van der Waals surface area contributed by atoms with Gasteiger partial charge in [0.15, 0.2) is 5.11 Å². The minimum atomic E-state index is -0.535. The van der Waals surface area contributed by atoms with Crippen LogP contribution < -0.4 is 9.64 Å². The van der Waals surface area contributed by atoms with Crippen LogP contribution in [-0.4, -0.2) is 35.5 Å². The SMILES string of the molecule is COC(=O)CN1C(=S)N(c2ccc(Cl)cc2)C(=O)/C1=C/c1ccccc1OCc1ccccc1Cl. The second-order valence-corrected chi connectivity index (χ2v) is 8.72. The molecule has 3 aromatic rings. The minimum Gasteiger partial charge on any atom is -0.488 e. The molecular formula is C26H20Cl2N2O4S. The first kappa shape index (κ1) is 24.7. The second-order valence-electron chi connectivity index (χ2n) is 7.51.